The third-order valence-electron chi connectivity index (χ3n) is 2.27. The number of anilines is 1. The highest BCUT2D eigenvalue weighted by Crippen LogP contribution is 2.19. The van der Waals surface area contributed by atoms with E-state index in [0.29, 0.717) is 18.0 Å². The number of hydrogen-bond donors (Lipinski definition) is 0. The van der Waals surface area contributed by atoms with E-state index in [0.717, 1.165) is 0 Å². The van der Waals surface area contributed by atoms with Crippen LogP contribution < -0.4 is 4.90 Å². The normalized spacial score (nSPS) is 10.6. The van der Waals surface area contributed by atoms with Gasteiger partial charge in [-0.05, 0) is 0 Å². The second kappa shape index (κ2) is 4.75. The van der Waals surface area contributed by atoms with Gasteiger partial charge in [0.25, 0.3) is 0 Å². The summed E-state index contributed by atoms with van der Waals surface area (Å²) < 4.78 is 39.5. The molecule has 1 radical (unpaired) electrons. The quantitative estimate of drug-likeness (QED) is 0.840. The first-order valence-corrected chi connectivity index (χ1v) is 5.62. The first-order valence-electron chi connectivity index (χ1n) is 4.74. The molecular formula is C11H8F3N2S. The van der Waals surface area contributed by atoms with Crippen molar-refractivity contribution in [2.75, 3.05) is 11.9 Å². The smallest absolute Gasteiger partial charge is 0.154 e. The lowest BCUT2D eigenvalue weighted by molar-refractivity contribution is 0.522. The Balaban J connectivity index is 2.25. The number of rotatable bonds is 3. The van der Waals surface area contributed by atoms with Crippen LogP contribution in [0.3, 0.4) is 0 Å². The summed E-state index contributed by atoms with van der Waals surface area (Å²) >= 11 is 1.26. The molecule has 0 saturated heterocycles. The van der Waals surface area contributed by atoms with Crippen LogP contribution >= 0.6 is 11.3 Å². The molecule has 89 valence electrons. The van der Waals surface area contributed by atoms with Gasteiger partial charge in [0.2, 0.25) is 0 Å². The van der Waals surface area contributed by atoms with Crippen LogP contribution in [0.25, 0.3) is 0 Å². The van der Waals surface area contributed by atoms with Crippen LogP contribution in [0.5, 0.6) is 0 Å². The van der Waals surface area contributed by atoms with Crippen molar-refractivity contribution in [3.63, 3.8) is 0 Å². The number of aromatic nitrogens is 1. The van der Waals surface area contributed by atoms with E-state index in [1.54, 1.807) is 17.3 Å². The van der Waals surface area contributed by atoms with Gasteiger partial charge < -0.3 is 4.90 Å². The minimum Gasteiger partial charge on any atom is -0.354 e. The summed E-state index contributed by atoms with van der Waals surface area (Å²) in [4.78, 5) is 5.45. The minimum atomic E-state index is -0.923. The van der Waals surface area contributed by atoms with Gasteiger partial charge in [-0.25, -0.2) is 18.2 Å². The zero-order chi connectivity index (χ0) is 12.4. The molecule has 0 saturated carbocycles. The van der Waals surface area contributed by atoms with Gasteiger partial charge in [0.1, 0.15) is 23.3 Å². The van der Waals surface area contributed by atoms with E-state index in [1.807, 2.05) is 0 Å². The van der Waals surface area contributed by atoms with Crippen molar-refractivity contribution in [1.29, 1.82) is 0 Å². The highest BCUT2D eigenvalue weighted by Gasteiger charge is 2.14. The second-order valence-electron chi connectivity index (χ2n) is 3.50. The van der Waals surface area contributed by atoms with E-state index >= 15 is 0 Å². The SMILES string of the molecule is CN(Cc1c(F)cc(F)cc1F)c1cs[c]n1. The fourth-order valence-corrected chi connectivity index (χ4v) is 1.93. The minimum absolute atomic E-state index is 0.0183. The largest absolute Gasteiger partial charge is 0.354 e. The third-order valence-corrected chi connectivity index (χ3v) is 2.79. The number of halogens is 3. The Bertz CT molecular complexity index is 490. The number of benzene rings is 1. The van der Waals surface area contributed by atoms with E-state index in [9.17, 15) is 13.2 Å². The Morgan fingerprint density at radius 2 is 1.94 bits per heavy atom. The molecule has 0 spiro atoms. The van der Waals surface area contributed by atoms with Gasteiger partial charge in [-0.1, -0.05) is 0 Å². The summed E-state index contributed by atoms with van der Waals surface area (Å²) in [5.41, 5.74) is 2.46. The Morgan fingerprint density at radius 3 is 2.47 bits per heavy atom. The average Bonchev–Trinajstić information content (AvgIpc) is 2.76. The lowest BCUT2D eigenvalue weighted by Gasteiger charge is -2.17. The van der Waals surface area contributed by atoms with E-state index in [2.05, 4.69) is 10.5 Å². The van der Waals surface area contributed by atoms with Crippen LogP contribution in [-0.2, 0) is 6.54 Å². The molecule has 0 aliphatic rings. The molecule has 0 bridgehead atoms. The molecule has 2 nitrogen and oxygen atoms in total. The second-order valence-corrected chi connectivity index (χ2v) is 4.16. The summed E-state index contributed by atoms with van der Waals surface area (Å²) in [7, 11) is 1.64. The van der Waals surface area contributed by atoms with Gasteiger partial charge in [-0.2, -0.15) is 0 Å². The molecule has 0 amide bonds. The lowest BCUT2D eigenvalue weighted by Crippen LogP contribution is -2.18. The molecule has 17 heavy (non-hydrogen) atoms. The van der Waals surface area contributed by atoms with Gasteiger partial charge in [-0.3, -0.25) is 0 Å². The van der Waals surface area contributed by atoms with E-state index < -0.39 is 17.5 Å². The Hall–Kier alpha value is -1.56. The summed E-state index contributed by atoms with van der Waals surface area (Å²) in [5, 5.41) is 1.71. The van der Waals surface area contributed by atoms with Crippen molar-refractivity contribution in [2.45, 2.75) is 6.54 Å². The van der Waals surface area contributed by atoms with Crippen LogP contribution in [0.1, 0.15) is 5.56 Å². The zero-order valence-corrected chi connectivity index (χ0v) is 9.69. The Morgan fingerprint density at radius 1 is 1.29 bits per heavy atom. The summed E-state index contributed by atoms with van der Waals surface area (Å²) in [6, 6.07) is 1.33. The van der Waals surface area contributed by atoms with E-state index in [-0.39, 0.29) is 12.1 Å². The summed E-state index contributed by atoms with van der Waals surface area (Å²) in [6.07, 6.45) is 0. The predicted molar refractivity (Wildman–Crippen MR) is 59.4 cm³/mol. The molecule has 0 unspecified atom stereocenters. The Labute approximate surface area is 100 Å². The van der Waals surface area contributed by atoms with Crippen molar-refractivity contribution in [2.24, 2.45) is 0 Å². The first-order chi connectivity index (χ1) is 8.08. The fraction of sp³-hybridized carbons (Fsp3) is 0.182. The number of thiazole rings is 1. The van der Waals surface area contributed by atoms with Gasteiger partial charge >= 0.3 is 0 Å². The molecule has 1 heterocycles. The highest BCUT2D eigenvalue weighted by atomic mass is 32.1. The predicted octanol–water partition coefficient (Wildman–Crippen LogP) is 3.00. The maximum atomic E-state index is 13.4. The highest BCUT2D eigenvalue weighted by molar-refractivity contribution is 7.07. The standard InChI is InChI=1S/C11H8F3N2S/c1-16(11-5-17-6-15-11)4-8-9(13)2-7(12)3-10(8)14/h2-3,5H,4H2,1H3. The van der Waals surface area contributed by atoms with Crippen molar-refractivity contribution >= 4 is 17.2 Å². The molecule has 0 aliphatic carbocycles. The van der Waals surface area contributed by atoms with Gasteiger partial charge in [-0.15, -0.1) is 11.3 Å². The van der Waals surface area contributed by atoms with Crippen LogP contribution in [-0.4, -0.2) is 12.0 Å². The topological polar surface area (TPSA) is 16.1 Å². The van der Waals surface area contributed by atoms with Gasteiger partial charge in [0, 0.05) is 36.7 Å². The third kappa shape index (κ3) is 2.58. The van der Waals surface area contributed by atoms with Gasteiger partial charge in [0.05, 0.1) is 0 Å². The zero-order valence-electron chi connectivity index (χ0n) is 8.88. The molecule has 1 aromatic carbocycles. The van der Waals surface area contributed by atoms with Crippen LogP contribution in [0, 0.1) is 23.0 Å². The molecule has 2 rings (SSSR count). The molecule has 1 aromatic heterocycles. The van der Waals surface area contributed by atoms with Crippen molar-refractivity contribution in [3.8, 4) is 0 Å². The number of nitrogens with zero attached hydrogens (tertiary/aromatic N) is 2. The molecule has 0 N–H and O–H groups in total. The maximum Gasteiger partial charge on any atom is 0.154 e. The van der Waals surface area contributed by atoms with Crippen molar-refractivity contribution in [3.05, 3.63) is 46.0 Å². The average molecular weight is 257 g/mol. The van der Waals surface area contributed by atoms with Crippen molar-refractivity contribution in [1.82, 2.24) is 4.98 Å². The van der Waals surface area contributed by atoms with Crippen LogP contribution in [0.2, 0.25) is 0 Å². The summed E-state index contributed by atoms with van der Waals surface area (Å²) in [6.45, 7) is -0.0183. The van der Waals surface area contributed by atoms with E-state index in [4.69, 9.17) is 0 Å². The van der Waals surface area contributed by atoms with Crippen LogP contribution in [0.4, 0.5) is 19.0 Å². The molecule has 0 atom stereocenters. The van der Waals surface area contributed by atoms with E-state index in [1.165, 1.54) is 11.3 Å². The molecule has 2 aromatic rings. The lowest BCUT2D eigenvalue weighted by atomic mass is 10.2. The molecule has 6 heteroatoms. The Kier molecular flexibility index (Phi) is 3.33. The molecule has 0 aliphatic heterocycles. The maximum absolute atomic E-state index is 13.4. The number of hydrogen-bond acceptors (Lipinski definition) is 3. The first kappa shape index (κ1) is 11.9. The van der Waals surface area contributed by atoms with Gasteiger partial charge in [0.15, 0.2) is 5.51 Å². The van der Waals surface area contributed by atoms with Crippen LogP contribution in [0.15, 0.2) is 17.5 Å². The van der Waals surface area contributed by atoms with Crippen molar-refractivity contribution < 1.29 is 13.2 Å². The summed E-state index contributed by atoms with van der Waals surface area (Å²) in [5.74, 6) is -2.14. The monoisotopic (exact) mass is 257 g/mol. The molecule has 0 fully saturated rings. The molecular weight excluding hydrogens is 249 g/mol. The fourth-order valence-electron chi connectivity index (χ4n) is 1.40.